The Morgan fingerprint density at radius 2 is 2.04 bits per heavy atom. The van der Waals surface area contributed by atoms with Gasteiger partial charge in [-0.05, 0) is 36.3 Å². The van der Waals surface area contributed by atoms with E-state index in [1.54, 1.807) is 13.2 Å². The minimum absolute atomic E-state index is 0.291. The first-order valence-corrected chi connectivity index (χ1v) is 7.96. The van der Waals surface area contributed by atoms with Gasteiger partial charge in [0.25, 0.3) is 0 Å². The number of para-hydroxylation sites is 1. The van der Waals surface area contributed by atoms with Gasteiger partial charge in [0.05, 0.1) is 19.4 Å². The molecule has 0 heterocycles. The smallest absolute Gasteiger partial charge is 0.247 e. The van der Waals surface area contributed by atoms with E-state index in [2.05, 4.69) is 17.8 Å². The summed E-state index contributed by atoms with van der Waals surface area (Å²) in [5, 5.41) is 2.79. The molecule has 4 heteroatoms. The maximum Gasteiger partial charge on any atom is 0.247 e. The fourth-order valence-corrected chi connectivity index (χ4v) is 2.32. The predicted molar refractivity (Wildman–Crippen MR) is 101 cm³/mol. The number of amides is 1. The molecule has 0 aromatic heterocycles. The lowest BCUT2D eigenvalue weighted by atomic mass is 10.0. The zero-order valence-corrected chi connectivity index (χ0v) is 14.2. The Kier molecular flexibility index (Phi) is 6.67. The van der Waals surface area contributed by atoms with Crippen molar-refractivity contribution >= 4 is 11.6 Å². The lowest BCUT2D eigenvalue weighted by Gasteiger charge is -2.16. The van der Waals surface area contributed by atoms with Crippen molar-refractivity contribution in [2.75, 3.05) is 19.0 Å². The summed E-state index contributed by atoms with van der Waals surface area (Å²) in [7, 11) is 1.63. The van der Waals surface area contributed by atoms with Crippen LogP contribution in [-0.2, 0) is 4.79 Å². The van der Waals surface area contributed by atoms with E-state index in [1.165, 1.54) is 6.08 Å². The van der Waals surface area contributed by atoms with Crippen LogP contribution >= 0.6 is 0 Å². The first kappa shape index (κ1) is 18.2. The second-order valence-electron chi connectivity index (χ2n) is 5.26. The van der Waals surface area contributed by atoms with Crippen LogP contribution in [0.1, 0.15) is 12.8 Å². The van der Waals surface area contributed by atoms with Crippen LogP contribution in [0.15, 0.2) is 55.1 Å². The summed E-state index contributed by atoms with van der Waals surface area (Å²) in [4.78, 5) is 11.7. The Bertz CT molecular complexity index is 773. The number of anilines is 1. The molecular weight excluding hydrogens is 314 g/mol. The van der Waals surface area contributed by atoms with E-state index in [9.17, 15) is 4.79 Å². The number of terminal acetylenes is 1. The lowest BCUT2D eigenvalue weighted by Crippen LogP contribution is -2.10. The first-order valence-electron chi connectivity index (χ1n) is 7.96. The van der Waals surface area contributed by atoms with E-state index >= 15 is 0 Å². The van der Waals surface area contributed by atoms with Crippen LogP contribution in [0.5, 0.6) is 11.5 Å². The van der Waals surface area contributed by atoms with Crippen molar-refractivity contribution in [2.24, 2.45) is 0 Å². The number of hydrogen-bond acceptors (Lipinski definition) is 3. The SMILES string of the molecule is C#CCCCOc1c(NC(=O)C=C)cccc1-c1ccc(OC)cc1. The first-order chi connectivity index (χ1) is 12.2. The summed E-state index contributed by atoms with van der Waals surface area (Å²) >= 11 is 0. The standard InChI is InChI=1S/C21H21NO3/c1-4-6-7-15-25-21-18(16-11-13-17(24-3)14-12-16)9-8-10-19(21)22-20(23)5-2/h1,5,8-14H,2,6-7,15H2,3H3,(H,22,23). The molecule has 0 unspecified atom stereocenters. The molecule has 0 spiro atoms. The zero-order chi connectivity index (χ0) is 18.1. The predicted octanol–water partition coefficient (Wildman–Crippen LogP) is 4.28. The van der Waals surface area contributed by atoms with E-state index in [-0.39, 0.29) is 5.91 Å². The molecule has 4 nitrogen and oxygen atoms in total. The number of unbranched alkanes of at least 4 members (excludes halogenated alkanes) is 1. The van der Waals surface area contributed by atoms with Gasteiger partial charge in [-0.25, -0.2) is 0 Å². The van der Waals surface area contributed by atoms with Gasteiger partial charge in [0.15, 0.2) is 5.75 Å². The average molecular weight is 335 g/mol. The van der Waals surface area contributed by atoms with Crippen LogP contribution in [0, 0.1) is 12.3 Å². The number of hydrogen-bond donors (Lipinski definition) is 1. The minimum Gasteiger partial charge on any atom is -0.497 e. The second-order valence-corrected chi connectivity index (χ2v) is 5.26. The molecule has 0 saturated carbocycles. The van der Waals surface area contributed by atoms with Gasteiger partial charge >= 0.3 is 0 Å². The number of nitrogens with one attached hydrogen (secondary N) is 1. The highest BCUT2D eigenvalue weighted by Crippen LogP contribution is 2.37. The van der Waals surface area contributed by atoms with Crippen molar-refractivity contribution in [2.45, 2.75) is 12.8 Å². The monoisotopic (exact) mass is 335 g/mol. The number of ether oxygens (including phenoxy) is 2. The van der Waals surface area contributed by atoms with Crippen molar-refractivity contribution in [3.8, 4) is 35.0 Å². The number of benzene rings is 2. The summed E-state index contributed by atoms with van der Waals surface area (Å²) in [5.41, 5.74) is 2.44. The van der Waals surface area contributed by atoms with E-state index in [1.807, 2.05) is 36.4 Å². The van der Waals surface area contributed by atoms with Gasteiger partial charge in [0.2, 0.25) is 5.91 Å². The maximum atomic E-state index is 11.7. The minimum atomic E-state index is -0.291. The Labute approximate surface area is 148 Å². The maximum absolute atomic E-state index is 11.7. The molecule has 1 N–H and O–H groups in total. The Morgan fingerprint density at radius 3 is 2.68 bits per heavy atom. The number of carbonyl (C=O) groups excluding carboxylic acids is 1. The van der Waals surface area contributed by atoms with Crippen LogP contribution in [-0.4, -0.2) is 19.6 Å². The molecule has 0 atom stereocenters. The molecule has 1 amide bonds. The van der Waals surface area contributed by atoms with Crippen LogP contribution in [0.3, 0.4) is 0 Å². The second kappa shape index (κ2) is 9.19. The highest BCUT2D eigenvalue weighted by molar-refractivity contribution is 6.01. The van der Waals surface area contributed by atoms with Gasteiger partial charge in [-0.1, -0.05) is 30.8 Å². The molecule has 2 aromatic rings. The Balaban J connectivity index is 2.38. The largest absolute Gasteiger partial charge is 0.497 e. The quantitative estimate of drug-likeness (QED) is 0.445. The van der Waals surface area contributed by atoms with Crippen LogP contribution < -0.4 is 14.8 Å². The topological polar surface area (TPSA) is 47.6 Å². The molecule has 0 saturated heterocycles. The highest BCUT2D eigenvalue weighted by atomic mass is 16.5. The van der Waals surface area contributed by atoms with E-state index < -0.39 is 0 Å². The van der Waals surface area contributed by atoms with Crippen molar-refractivity contribution in [3.63, 3.8) is 0 Å². The summed E-state index contributed by atoms with van der Waals surface area (Å²) in [5.74, 6) is 3.69. The highest BCUT2D eigenvalue weighted by Gasteiger charge is 2.13. The number of carbonyl (C=O) groups is 1. The molecule has 0 fully saturated rings. The molecular formula is C21H21NO3. The van der Waals surface area contributed by atoms with Gasteiger partial charge in [-0.15, -0.1) is 12.3 Å². The molecule has 25 heavy (non-hydrogen) atoms. The van der Waals surface area contributed by atoms with Gasteiger partial charge in [0, 0.05) is 12.0 Å². The third kappa shape index (κ3) is 4.89. The summed E-state index contributed by atoms with van der Waals surface area (Å²) < 4.78 is 11.2. The van der Waals surface area contributed by atoms with E-state index in [0.29, 0.717) is 24.5 Å². The molecule has 2 aromatic carbocycles. The molecule has 0 aliphatic rings. The average Bonchev–Trinajstić information content (AvgIpc) is 2.66. The van der Waals surface area contributed by atoms with Crippen molar-refractivity contribution < 1.29 is 14.3 Å². The van der Waals surface area contributed by atoms with E-state index in [0.717, 1.165) is 23.3 Å². The van der Waals surface area contributed by atoms with Gasteiger partial charge in [-0.3, -0.25) is 4.79 Å². The van der Waals surface area contributed by atoms with Crippen molar-refractivity contribution in [1.29, 1.82) is 0 Å². The Hall–Kier alpha value is -3.19. The van der Waals surface area contributed by atoms with Crippen molar-refractivity contribution in [3.05, 3.63) is 55.1 Å². The third-order valence-corrected chi connectivity index (χ3v) is 3.57. The van der Waals surface area contributed by atoms with Gasteiger partial charge in [-0.2, -0.15) is 0 Å². The normalized spacial score (nSPS) is 9.76. The summed E-state index contributed by atoms with van der Waals surface area (Å²) in [6, 6.07) is 13.3. The third-order valence-electron chi connectivity index (χ3n) is 3.57. The number of rotatable bonds is 8. The lowest BCUT2D eigenvalue weighted by molar-refractivity contribution is -0.111. The van der Waals surface area contributed by atoms with Crippen LogP contribution in [0.25, 0.3) is 11.1 Å². The molecule has 128 valence electrons. The van der Waals surface area contributed by atoms with Gasteiger partial charge < -0.3 is 14.8 Å². The summed E-state index contributed by atoms with van der Waals surface area (Å²) in [6.07, 6.45) is 7.89. The molecule has 0 bridgehead atoms. The molecule has 2 rings (SSSR count). The van der Waals surface area contributed by atoms with Crippen LogP contribution in [0.4, 0.5) is 5.69 Å². The molecule has 0 radical (unpaired) electrons. The van der Waals surface area contributed by atoms with Gasteiger partial charge in [0.1, 0.15) is 5.75 Å². The van der Waals surface area contributed by atoms with E-state index in [4.69, 9.17) is 15.9 Å². The Morgan fingerprint density at radius 1 is 1.28 bits per heavy atom. The summed E-state index contributed by atoms with van der Waals surface area (Å²) in [6.45, 7) is 3.95. The molecule has 0 aliphatic carbocycles. The van der Waals surface area contributed by atoms with Crippen LogP contribution in [0.2, 0.25) is 0 Å². The molecule has 0 aliphatic heterocycles. The zero-order valence-electron chi connectivity index (χ0n) is 14.2. The fraction of sp³-hybridized carbons (Fsp3) is 0.190. The van der Waals surface area contributed by atoms with Crippen molar-refractivity contribution in [1.82, 2.24) is 0 Å². The number of methoxy groups -OCH3 is 1. The fourth-order valence-electron chi connectivity index (χ4n) is 2.32.